The summed E-state index contributed by atoms with van der Waals surface area (Å²) in [5.74, 6) is 0.834. The molecule has 2 unspecified atom stereocenters. The van der Waals surface area contributed by atoms with Gasteiger partial charge in [0.2, 0.25) is 5.91 Å². The molecule has 0 saturated heterocycles. The average Bonchev–Trinajstić information content (AvgIpc) is 2.48. The normalized spacial score (nSPS) is 25.5. The van der Waals surface area contributed by atoms with Crippen LogP contribution < -0.4 is 5.73 Å². The second-order valence-corrected chi connectivity index (χ2v) is 6.43. The van der Waals surface area contributed by atoms with Crippen molar-refractivity contribution in [1.29, 1.82) is 0 Å². The number of hydrogen-bond acceptors (Lipinski definition) is 3. The van der Waals surface area contributed by atoms with Gasteiger partial charge in [-0.2, -0.15) is 0 Å². The predicted molar refractivity (Wildman–Crippen MR) is 81.8 cm³/mol. The van der Waals surface area contributed by atoms with Crippen molar-refractivity contribution in [2.24, 2.45) is 11.7 Å². The van der Waals surface area contributed by atoms with Gasteiger partial charge in [0, 0.05) is 25.6 Å². The SMILES string of the molecule is NC1CCCCC1CC(=O)N1CCc2ccc(O)cc2C1. The van der Waals surface area contributed by atoms with Crippen molar-refractivity contribution >= 4 is 5.91 Å². The maximum Gasteiger partial charge on any atom is 0.223 e. The average molecular weight is 288 g/mol. The number of amides is 1. The topological polar surface area (TPSA) is 66.6 Å². The lowest BCUT2D eigenvalue weighted by molar-refractivity contribution is -0.133. The molecule has 1 fully saturated rings. The van der Waals surface area contributed by atoms with Crippen LogP contribution in [-0.4, -0.2) is 28.5 Å². The third-order valence-corrected chi connectivity index (χ3v) is 4.96. The van der Waals surface area contributed by atoms with Crippen LogP contribution in [0.1, 0.15) is 43.2 Å². The number of carbonyl (C=O) groups excluding carboxylic acids is 1. The van der Waals surface area contributed by atoms with Gasteiger partial charge in [0.15, 0.2) is 0 Å². The Balaban J connectivity index is 1.63. The number of nitrogens with two attached hydrogens (primary N) is 1. The smallest absolute Gasteiger partial charge is 0.223 e. The van der Waals surface area contributed by atoms with E-state index < -0.39 is 0 Å². The Kier molecular flexibility index (Phi) is 4.15. The summed E-state index contributed by atoms with van der Waals surface area (Å²) in [6.45, 7) is 1.39. The molecule has 4 nitrogen and oxygen atoms in total. The molecule has 0 aromatic heterocycles. The molecule has 21 heavy (non-hydrogen) atoms. The lowest BCUT2D eigenvalue weighted by atomic mass is 9.82. The molecule has 1 amide bonds. The first-order valence-corrected chi connectivity index (χ1v) is 7.97. The number of phenols is 1. The Morgan fingerprint density at radius 2 is 2.10 bits per heavy atom. The van der Waals surface area contributed by atoms with Crippen molar-refractivity contribution < 1.29 is 9.90 Å². The fourth-order valence-corrected chi connectivity index (χ4v) is 3.60. The number of aromatic hydroxyl groups is 1. The third kappa shape index (κ3) is 3.21. The minimum absolute atomic E-state index is 0.184. The summed E-state index contributed by atoms with van der Waals surface area (Å²) in [5.41, 5.74) is 8.46. The second-order valence-electron chi connectivity index (χ2n) is 6.43. The fraction of sp³-hybridized carbons (Fsp3) is 0.588. The van der Waals surface area contributed by atoms with E-state index in [-0.39, 0.29) is 17.7 Å². The van der Waals surface area contributed by atoms with E-state index in [0.29, 0.717) is 18.9 Å². The standard InChI is InChI=1S/C17H24N2O2/c18-16-4-2-1-3-13(16)10-17(21)19-8-7-12-5-6-15(20)9-14(12)11-19/h5-6,9,13,16,20H,1-4,7-8,10-11,18H2. The number of phenolic OH excluding ortho intramolecular Hbond substituents is 1. The van der Waals surface area contributed by atoms with Gasteiger partial charge in [0.1, 0.15) is 5.75 Å². The summed E-state index contributed by atoms with van der Waals surface area (Å²) in [6, 6.07) is 5.64. The van der Waals surface area contributed by atoms with Crippen molar-refractivity contribution in [3.8, 4) is 5.75 Å². The monoisotopic (exact) mass is 288 g/mol. The van der Waals surface area contributed by atoms with Gasteiger partial charge in [-0.15, -0.1) is 0 Å². The summed E-state index contributed by atoms with van der Waals surface area (Å²) < 4.78 is 0. The van der Waals surface area contributed by atoms with Crippen molar-refractivity contribution in [2.45, 2.75) is 51.1 Å². The van der Waals surface area contributed by atoms with Crippen LogP contribution in [0.3, 0.4) is 0 Å². The first kappa shape index (κ1) is 14.4. The Morgan fingerprint density at radius 3 is 2.90 bits per heavy atom. The highest BCUT2D eigenvalue weighted by Gasteiger charge is 2.28. The van der Waals surface area contributed by atoms with E-state index in [9.17, 15) is 9.90 Å². The van der Waals surface area contributed by atoms with Gasteiger partial charge in [-0.05, 0) is 48.4 Å². The first-order chi connectivity index (χ1) is 10.1. The molecule has 0 radical (unpaired) electrons. The number of hydrogen-bond donors (Lipinski definition) is 2. The van der Waals surface area contributed by atoms with Crippen LogP contribution in [-0.2, 0) is 17.8 Å². The molecule has 1 aliphatic heterocycles. The molecule has 114 valence electrons. The van der Waals surface area contributed by atoms with Crippen LogP contribution in [0.15, 0.2) is 18.2 Å². The summed E-state index contributed by atoms with van der Waals surface area (Å²) in [6.07, 6.45) is 5.98. The zero-order chi connectivity index (χ0) is 14.8. The van der Waals surface area contributed by atoms with Crippen LogP contribution in [0.5, 0.6) is 5.75 Å². The largest absolute Gasteiger partial charge is 0.508 e. The molecular weight excluding hydrogens is 264 g/mol. The van der Waals surface area contributed by atoms with Gasteiger partial charge in [0.25, 0.3) is 0 Å². The number of fused-ring (bicyclic) bond motifs is 1. The Bertz CT molecular complexity index is 530. The molecular formula is C17H24N2O2. The summed E-state index contributed by atoms with van der Waals surface area (Å²) in [7, 11) is 0. The Labute approximate surface area is 125 Å². The first-order valence-electron chi connectivity index (χ1n) is 7.97. The van der Waals surface area contributed by atoms with Crippen molar-refractivity contribution in [3.63, 3.8) is 0 Å². The molecule has 2 aliphatic rings. The van der Waals surface area contributed by atoms with Gasteiger partial charge >= 0.3 is 0 Å². The molecule has 3 rings (SSSR count). The van der Waals surface area contributed by atoms with E-state index in [4.69, 9.17) is 5.73 Å². The summed E-state index contributed by atoms with van der Waals surface area (Å²) in [5, 5.41) is 9.59. The van der Waals surface area contributed by atoms with Gasteiger partial charge in [-0.1, -0.05) is 18.9 Å². The fourth-order valence-electron chi connectivity index (χ4n) is 3.60. The van der Waals surface area contributed by atoms with Gasteiger partial charge in [-0.25, -0.2) is 0 Å². The summed E-state index contributed by atoms with van der Waals surface area (Å²) in [4.78, 5) is 14.4. The number of benzene rings is 1. The van der Waals surface area contributed by atoms with Crippen LogP contribution in [0.2, 0.25) is 0 Å². The van der Waals surface area contributed by atoms with Gasteiger partial charge < -0.3 is 15.7 Å². The Hall–Kier alpha value is -1.55. The number of rotatable bonds is 2. The van der Waals surface area contributed by atoms with Gasteiger partial charge in [0.05, 0.1) is 0 Å². The van der Waals surface area contributed by atoms with Crippen molar-refractivity contribution in [1.82, 2.24) is 4.90 Å². The highest BCUT2D eigenvalue weighted by molar-refractivity contribution is 5.77. The zero-order valence-corrected chi connectivity index (χ0v) is 12.4. The molecule has 0 spiro atoms. The third-order valence-electron chi connectivity index (χ3n) is 4.96. The lowest BCUT2D eigenvalue weighted by Gasteiger charge is -2.33. The van der Waals surface area contributed by atoms with Crippen molar-refractivity contribution in [3.05, 3.63) is 29.3 Å². The minimum Gasteiger partial charge on any atom is -0.508 e. The molecule has 2 atom stereocenters. The molecule has 1 heterocycles. The second kappa shape index (κ2) is 6.06. The lowest BCUT2D eigenvalue weighted by Crippen LogP contribution is -2.40. The number of carbonyl (C=O) groups is 1. The minimum atomic E-state index is 0.184. The van der Waals surface area contributed by atoms with Crippen LogP contribution >= 0.6 is 0 Å². The highest BCUT2D eigenvalue weighted by Crippen LogP contribution is 2.28. The quantitative estimate of drug-likeness (QED) is 0.876. The molecule has 1 saturated carbocycles. The predicted octanol–water partition coefficient (Wildman–Crippen LogP) is 2.18. The maximum atomic E-state index is 12.5. The zero-order valence-electron chi connectivity index (χ0n) is 12.4. The molecule has 4 heteroatoms. The van der Waals surface area contributed by atoms with Gasteiger partial charge in [-0.3, -0.25) is 4.79 Å². The molecule has 0 bridgehead atoms. The van der Waals surface area contributed by atoms with Crippen LogP contribution in [0.4, 0.5) is 0 Å². The molecule has 1 aromatic carbocycles. The molecule has 1 aromatic rings. The van der Waals surface area contributed by atoms with E-state index in [1.807, 2.05) is 11.0 Å². The van der Waals surface area contributed by atoms with Crippen LogP contribution in [0.25, 0.3) is 0 Å². The maximum absolute atomic E-state index is 12.5. The van der Waals surface area contributed by atoms with E-state index in [1.54, 1.807) is 12.1 Å². The highest BCUT2D eigenvalue weighted by atomic mass is 16.3. The molecule has 1 aliphatic carbocycles. The van der Waals surface area contributed by atoms with Crippen molar-refractivity contribution in [2.75, 3.05) is 6.54 Å². The van der Waals surface area contributed by atoms with E-state index in [1.165, 1.54) is 18.4 Å². The summed E-state index contributed by atoms with van der Waals surface area (Å²) >= 11 is 0. The van der Waals surface area contributed by atoms with E-state index in [2.05, 4.69) is 0 Å². The molecule has 3 N–H and O–H groups in total. The van der Waals surface area contributed by atoms with E-state index in [0.717, 1.165) is 31.4 Å². The van der Waals surface area contributed by atoms with E-state index >= 15 is 0 Å². The number of nitrogens with zero attached hydrogens (tertiary/aromatic N) is 1. The van der Waals surface area contributed by atoms with Crippen LogP contribution in [0, 0.1) is 5.92 Å². The Morgan fingerprint density at radius 1 is 1.29 bits per heavy atom.